The standard InChI is InChI=1S/C6H4F4N2.H3O4P/c7-3-1-5(9)6(11-12-10)2-4(3)8;1-5(2,3)4/h1-2,11-12H;(H3,1,2,3,4). The van der Waals surface area contributed by atoms with Crippen molar-refractivity contribution in [2.24, 2.45) is 0 Å². The molecule has 1 rings (SSSR count). The van der Waals surface area contributed by atoms with Crippen LogP contribution in [0.3, 0.4) is 0 Å². The summed E-state index contributed by atoms with van der Waals surface area (Å²) >= 11 is 0. The fraction of sp³-hybridized carbons (Fsp3) is 0. The van der Waals surface area contributed by atoms with E-state index < -0.39 is 31.0 Å². The fourth-order valence-corrected chi connectivity index (χ4v) is 0.669. The highest BCUT2D eigenvalue weighted by atomic mass is 31.2. The van der Waals surface area contributed by atoms with E-state index in [0.29, 0.717) is 12.1 Å². The normalized spacial score (nSPS) is 10.5. The van der Waals surface area contributed by atoms with E-state index >= 15 is 0 Å². The van der Waals surface area contributed by atoms with Crippen LogP contribution >= 0.6 is 7.82 Å². The molecule has 0 heterocycles. The van der Waals surface area contributed by atoms with Crippen LogP contribution in [0, 0.1) is 17.5 Å². The lowest BCUT2D eigenvalue weighted by Crippen LogP contribution is -2.12. The maximum Gasteiger partial charge on any atom is 0.466 e. The minimum Gasteiger partial charge on any atom is -0.303 e. The van der Waals surface area contributed by atoms with Gasteiger partial charge in [-0.1, -0.05) is 5.65 Å². The maximum atomic E-state index is 12.5. The first kappa shape index (κ1) is 15.8. The third-order valence-corrected chi connectivity index (χ3v) is 1.19. The molecule has 0 aliphatic heterocycles. The Morgan fingerprint density at radius 3 is 1.82 bits per heavy atom. The van der Waals surface area contributed by atoms with E-state index in [1.807, 2.05) is 0 Å². The number of hydrazine groups is 1. The van der Waals surface area contributed by atoms with E-state index in [0.717, 1.165) is 5.65 Å². The van der Waals surface area contributed by atoms with E-state index in [1.165, 1.54) is 0 Å². The van der Waals surface area contributed by atoms with Crippen molar-refractivity contribution in [2.45, 2.75) is 0 Å². The molecule has 0 saturated carbocycles. The smallest absolute Gasteiger partial charge is 0.303 e. The van der Waals surface area contributed by atoms with Crippen molar-refractivity contribution >= 4 is 13.5 Å². The van der Waals surface area contributed by atoms with Crippen LogP contribution in [-0.4, -0.2) is 14.7 Å². The summed E-state index contributed by atoms with van der Waals surface area (Å²) in [7, 11) is -4.64. The van der Waals surface area contributed by atoms with Gasteiger partial charge in [-0.15, -0.1) is 4.48 Å². The van der Waals surface area contributed by atoms with Gasteiger partial charge in [-0.25, -0.2) is 17.7 Å². The Labute approximate surface area is 92.0 Å². The number of rotatable bonds is 2. The SMILES string of the molecule is FNNc1cc(F)c(F)cc1F.O=P(O)(O)O. The molecule has 0 aromatic heterocycles. The van der Waals surface area contributed by atoms with Gasteiger partial charge in [0.15, 0.2) is 17.5 Å². The van der Waals surface area contributed by atoms with Crippen LogP contribution in [0.25, 0.3) is 0 Å². The van der Waals surface area contributed by atoms with Gasteiger partial charge in [0.25, 0.3) is 0 Å². The molecule has 0 atom stereocenters. The zero-order valence-electron chi connectivity index (χ0n) is 7.86. The van der Waals surface area contributed by atoms with Crippen molar-refractivity contribution < 1.29 is 36.9 Å². The number of hydrogen-bond donors (Lipinski definition) is 5. The Hall–Kier alpha value is -1.19. The Morgan fingerprint density at radius 2 is 1.41 bits per heavy atom. The molecule has 0 aliphatic carbocycles. The molecule has 0 radical (unpaired) electrons. The van der Waals surface area contributed by atoms with Crippen molar-refractivity contribution in [3.63, 3.8) is 0 Å². The summed E-state index contributed by atoms with van der Waals surface area (Å²) in [5.41, 5.74) is 2.03. The largest absolute Gasteiger partial charge is 0.466 e. The average molecular weight is 278 g/mol. The molecular weight excluding hydrogens is 271 g/mol. The minimum absolute atomic E-state index is 0.314. The first-order valence-electron chi connectivity index (χ1n) is 3.69. The van der Waals surface area contributed by atoms with Crippen LogP contribution in [0.1, 0.15) is 0 Å². The van der Waals surface area contributed by atoms with Crippen molar-refractivity contribution in [1.29, 1.82) is 0 Å². The number of nitrogens with one attached hydrogen (secondary N) is 2. The summed E-state index contributed by atoms with van der Waals surface area (Å²) < 4.78 is 57.4. The van der Waals surface area contributed by atoms with E-state index in [4.69, 9.17) is 19.2 Å². The minimum atomic E-state index is -4.64. The highest BCUT2D eigenvalue weighted by molar-refractivity contribution is 7.45. The summed E-state index contributed by atoms with van der Waals surface area (Å²) in [6, 6.07) is 0.812. The van der Waals surface area contributed by atoms with Crippen LogP contribution in [0.15, 0.2) is 12.1 Å². The number of phosphoric acid groups is 1. The van der Waals surface area contributed by atoms with Gasteiger partial charge in [-0.3, -0.25) is 5.43 Å². The summed E-state index contributed by atoms with van der Waals surface area (Å²) in [6.07, 6.45) is 0. The highest BCUT2D eigenvalue weighted by Gasteiger charge is 2.08. The highest BCUT2D eigenvalue weighted by Crippen LogP contribution is 2.25. The van der Waals surface area contributed by atoms with E-state index in [-0.39, 0.29) is 0 Å². The van der Waals surface area contributed by atoms with Gasteiger partial charge in [0.2, 0.25) is 0 Å². The molecule has 5 N–H and O–H groups in total. The molecule has 98 valence electrons. The molecule has 17 heavy (non-hydrogen) atoms. The van der Waals surface area contributed by atoms with E-state index in [2.05, 4.69) is 0 Å². The monoisotopic (exact) mass is 278 g/mol. The molecule has 0 fully saturated rings. The van der Waals surface area contributed by atoms with Crippen LogP contribution < -0.4 is 11.1 Å². The number of anilines is 1. The molecular formula is C6H7F4N2O4P. The first-order chi connectivity index (χ1) is 7.65. The second-order valence-corrected chi connectivity index (χ2v) is 3.51. The summed E-state index contributed by atoms with van der Waals surface area (Å²) in [6.45, 7) is 0. The quantitative estimate of drug-likeness (QED) is 0.182. The van der Waals surface area contributed by atoms with Crippen LogP contribution in [-0.2, 0) is 4.57 Å². The Morgan fingerprint density at radius 1 is 1.00 bits per heavy atom. The maximum absolute atomic E-state index is 12.5. The van der Waals surface area contributed by atoms with Crippen LogP contribution in [0.4, 0.5) is 23.3 Å². The third kappa shape index (κ3) is 7.66. The molecule has 1 aromatic carbocycles. The van der Waals surface area contributed by atoms with E-state index in [9.17, 15) is 17.7 Å². The van der Waals surface area contributed by atoms with Crippen LogP contribution in [0.5, 0.6) is 0 Å². The lowest BCUT2D eigenvalue weighted by atomic mass is 10.3. The average Bonchev–Trinajstić information content (AvgIpc) is 2.12. The number of benzene rings is 1. The van der Waals surface area contributed by atoms with Crippen molar-refractivity contribution in [3.8, 4) is 0 Å². The zero-order chi connectivity index (χ0) is 13.6. The van der Waals surface area contributed by atoms with Gasteiger partial charge < -0.3 is 14.7 Å². The Balaban J connectivity index is 0.000000437. The molecule has 6 nitrogen and oxygen atoms in total. The van der Waals surface area contributed by atoms with Gasteiger partial charge in [0, 0.05) is 12.1 Å². The zero-order valence-corrected chi connectivity index (χ0v) is 8.76. The molecule has 1 aromatic rings. The lowest BCUT2D eigenvalue weighted by molar-refractivity contribution is 0.275. The second kappa shape index (κ2) is 6.52. The van der Waals surface area contributed by atoms with Crippen molar-refractivity contribution in [1.82, 2.24) is 5.65 Å². The van der Waals surface area contributed by atoms with Crippen molar-refractivity contribution in [3.05, 3.63) is 29.6 Å². The topological polar surface area (TPSA) is 102 Å². The van der Waals surface area contributed by atoms with E-state index in [1.54, 1.807) is 5.43 Å². The van der Waals surface area contributed by atoms with Gasteiger partial charge in [0.05, 0.1) is 5.69 Å². The van der Waals surface area contributed by atoms with Crippen molar-refractivity contribution in [2.75, 3.05) is 5.43 Å². The molecule has 0 aliphatic rings. The van der Waals surface area contributed by atoms with Gasteiger partial charge >= 0.3 is 7.82 Å². The predicted octanol–water partition coefficient (Wildman–Crippen LogP) is 0.976. The molecule has 0 amide bonds. The lowest BCUT2D eigenvalue weighted by Gasteiger charge is -2.03. The summed E-state index contributed by atoms with van der Waals surface area (Å²) in [5.74, 6) is -3.66. The number of hydrogen-bond acceptors (Lipinski definition) is 3. The third-order valence-electron chi connectivity index (χ3n) is 1.19. The Kier molecular flexibility index (Phi) is 6.07. The molecule has 11 heteroatoms. The predicted molar refractivity (Wildman–Crippen MR) is 48.4 cm³/mol. The van der Waals surface area contributed by atoms with Gasteiger partial charge in [-0.05, 0) is 0 Å². The second-order valence-electron chi connectivity index (χ2n) is 2.48. The number of halogens is 4. The Bertz CT molecular complexity index is 418. The summed E-state index contributed by atoms with van der Waals surface area (Å²) in [4.78, 5) is 21.6. The molecule has 0 bridgehead atoms. The van der Waals surface area contributed by atoms with Gasteiger partial charge in [-0.2, -0.15) is 0 Å². The molecule has 0 saturated heterocycles. The molecule has 0 spiro atoms. The summed E-state index contributed by atoms with van der Waals surface area (Å²) in [5, 5.41) is 0. The fourth-order valence-electron chi connectivity index (χ4n) is 0.669. The van der Waals surface area contributed by atoms with Crippen LogP contribution in [0.2, 0.25) is 0 Å². The first-order valence-corrected chi connectivity index (χ1v) is 5.26. The van der Waals surface area contributed by atoms with Gasteiger partial charge in [0.1, 0.15) is 0 Å². The molecule has 0 unspecified atom stereocenters.